The fourth-order valence-electron chi connectivity index (χ4n) is 4.42. The Labute approximate surface area is 205 Å². The Hall–Kier alpha value is -3.06. The van der Waals surface area contributed by atoms with Gasteiger partial charge in [0.2, 0.25) is 5.91 Å². The minimum absolute atomic E-state index is 0.0577. The van der Waals surface area contributed by atoms with Crippen LogP contribution in [0.25, 0.3) is 16.6 Å². The molecule has 2 amide bonds. The summed E-state index contributed by atoms with van der Waals surface area (Å²) in [6, 6.07) is 9.86. The number of pyridine rings is 1. The zero-order chi connectivity index (χ0) is 24.3. The third-order valence-corrected chi connectivity index (χ3v) is 6.29. The molecule has 1 aliphatic heterocycles. The summed E-state index contributed by atoms with van der Waals surface area (Å²) in [6.07, 6.45) is 7.48. The van der Waals surface area contributed by atoms with Crippen molar-refractivity contribution in [1.82, 2.24) is 19.8 Å². The normalized spacial score (nSPS) is 14.9. The van der Waals surface area contributed by atoms with Crippen molar-refractivity contribution in [2.24, 2.45) is 0 Å². The lowest BCUT2D eigenvalue weighted by molar-refractivity contribution is -0.132. The molecule has 0 unspecified atom stereocenters. The van der Waals surface area contributed by atoms with Gasteiger partial charge in [-0.05, 0) is 75.4 Å². The molecular formula is C26H31ClN4O3. The Morgan fingerprint density at radius 1 is 1.15 bits per heavy atom. The fourth-order valence-corrected chi connectivity index (χ4v) is 4.55. The van der Waals surface area contributed by atoms with Crippen LogP contribution in [0.1, 0.15) is 51.5 Å². The topological polar surface area (TPSA) is 76.5 Å². The van der Waals surface area contributed by atoms with Crippen LogP contribution < -0.4 is 5.32 Å². The van der Waals surface area contributed by atoms with Gasteiger partial charge in [0, 0.05) is 54.5 Å². The number of hydrogen-bond acceptors (Lipinski definition) is 4. The second kappa shape index (κ2) is 10.1. The summed E-state index contributed by atoms with van der Waals surface area (Å²) >= 11 is 6.08. The zero-order valence-corrected chi connectivity index (χ0v) is 20.6. The van der Waals surface area contributed by atoms with E-state index in [1.54, 1.807) is 0 Å². The lowest BCUT2D eigenvalue weighted by atomic mass is 9.89. The Kier molecular flexibility index (Phi) is 7.12. The predicted octanol–water partition coefficient (Wildman–Crippen LogP) is 5.30. The molecule has 0 radical (unpaired) electrons. The number of amides is 2. The molecular weight excluding hydrogens is 452 g/mol. The highest BCUT2D eigenvalue weighted by atomic mass is 35.5. The second-order valence-corrected chi connectivity index (χ2v) is 10.1. The van der Waals surface area contributed by atoms with Gasteiger partial charge in [-0.2, -0.15) is 0 Å². The predicted molar refractivity (Wildman–Crippen MR) is 133 cm³/mol. The SMILES string of the molecule is CC(C)(C)OC(=O)NCCC(=O)N1CCC(c2cn(-c3ccc(Cl)cc3)c3cnccc23)CC1. The molecule has 1 fully saturated rings. The van der Waals surface area contributed by atoms with Crippen molar-refractivity contribution in [1.29, 1.82) is 0 Å². The number of nitrogens with zero attached hydrogens (tertiary/aromatic N) is 3. The van der Waals surface area contributed by atoms with Crippen molar-refractivity contribution >= 4 is 34.5 Å². The molecule has 3 heterocycles. The molecule has 7 nitrogen and oxygen atoms in total. The van der Waals surface area contributed by atoms with E-state index in [1.807, 2.05) is 62.3 Å². The van der Waals surface area contributed by atoms with Crippen LogP contribution in [-0.4, -0.2) is 51.7 Å². The molecule has 0 atom stereocenters. The number of ether oxygens (including phenoxy) is 1. The molecule has 8 heteroatoms. The summed E-state index contributed by atoms with van der Waals surface area (Å²) in [5, 5.41) is 4.56. The van der Waals surface area contributed by atoms with Gasteiger partial charge in [-0.3, -0.25) is 9.78 Å². The molecule has 0 spiro atoms. The Morgan fingerprint density at radius 3 is 2.53 bits per heavy atom. The van der Waals surface area contributed by atoms with Gasteiger partial charge < -0.3 is 19.5 Å². The molecule has 0 aliphatic carbocycles. The molecule has 4 rings (SSSR count). The molecule has 1 saturated heterocycles. The van der Waals surface area contributed by atoms with Gasteiger partial charge in [0.25, 0.3) is 0 Å². The second-order valence-electron chi connectivity index (χ2n) is 9.66. The summed E-state index contributed by atoms with van der Waals surface area (Å²) < 4.78 is 7.38. The molecule has 1 aromatic carbocycles. The number of alkyl carbamates (subject to hydrolysis) is 1. The molecule has 0 bridgehead atoms. The number of benzene rings is 1. The Morgan fingerprint density at radius 2 is 1.85 bits per heavy atom. The fraction of sp³-hybridized carbons (Fsp3) is 0.423. The van der Waals surface area contributed by atoms with Gasteiger partial charge in [0.1, 0.15) is 5.60 Å². The Bertz CT molecular complexity index is 1160. The van der Waals surface area contributed by atoms with Gasteiger partial charge >= 0.3 is 6.09 Å². The highest BCUT2D eigenvalue weighted by Crippen LogP contribution is 2.35. The van der Waals surface area contributed by atoms with Crippen LogP contribution >= 0.6 is 11.6 Å². The maximum absolute atomic E-state index is 12.6. The lowest BCUT2D eigenvalue weighted by Crippen LogP contribution is -2.40. The van der Waals surface area contributed by atoms with Crippen LogP contribution in [0.3, 0.4) is 0 Å². The number of fused-ring (bicyclic) bond motifs is 1. The molecule has 34 heavy (non-hydrogen) atoms. The van der Waals surface area contributed by atoms with Gasteiger partial charge in [0.15, 0.2) is 0 Å². The van der Waals surface area contributed by atoms with E-state index >= 15 is 0 Å². The van der Waals surface area contributed by atoms with Crippen molar-refractivity contribution in [3.63, 3.8) is 0 Å². The number of rotatable bonds is 5. The van der Waals surface area contributed by atoms with Crippen LogP contribution in [0.2, 0.25) is 5.02 Å². The van der Waals surface area contributed by atoms with Crippen LogP contribution in [0.15, 0.2) is 48.9 Å². The summed E-state index contributed by atoms with van der Waals surface area (Å²) in [5.74, 6) is 0.421. The quantitative estimate of drug-likeness (QED) is 0.535. The third kappa shape index (κ3) is 5.70. The first kappa shape index (κ1) is 24.1. The van der Waals surface area contributed by atoms with Crippen LogP contribution in [0.4, 0.5) is 4.79 Å². The maximum Gasteiger partial charge on any atom is 0.407 e. The molecule has 1 N–H and O–H groups in total. The first-order valence-electron chi connectivity index (χ1n) is 11.7. The first-order chi connectivity index (χ1) is 16.2. The Balaban J connectivity index is 1.38. The summed E-state index contributed by atoms with van der Waals surface area (Å²) in [5.41, 5.74) is 2.83. The van der Waals surface area contributed by atoms with Crippen LogP contribution in [0.5, 0.6) is 0 Å². The molecule has 2 aromatic heterocycles. The standard InChI is InChI=1S/C26H31ClN4O3/c1-26(2,3)34-25(33)29-13-9-24(32)30-14-10-18(11-15-30)22-17-31(20-6-4-19(27)5-7-20)23-16-28-12-8-21(22)23/h4-8,12,16-18H,9-11,13-15H2,1-3H3,(H,29,33). The minimum atomic E-state index is -0.553. The molecule has 1 aliphatic rings. The molecule has 0 saturated carbocycles. The number of nitrogens with one attached hydrogen (secondary N) is 1. The average molecular weight is 483 g/mol. The number of carbonyl (C=O) groups is 2. The average Bonchev–Trinajstić information content (AvgIpc) is 3.18. The van der Waals surface area contributed by atoms with Gasteiger partial charge in [-0.25, -0.2) is 4.79 Å². The zero-order valence-electron chi connectivity index (χ0n) is 19.9. The molecule has 180 valence electrons. The van der Waals surface area contributed by atoms with Gasteiger partial charge in [0.05, 0.1) is 11.7 Å². The van der Waals surface area contributed by atoms with E-state index in [2.05, 4.69) is 27.1 Å². The van der Waals surface area contributed by atoms with Gasteiger partial charge in [-0.1, -0.05) is 11.6 Å². The van der Waals surface area contributed by atoms with E-state index in [9.17, 15) is 9.59 Å². The van der Waals surface area contributed by atoms with Crippen molar-refractivity contribution < 1.29 is 14.3 Å². The van der Waals surface area contributed by atoms with Crippen molar-refractivity contribution in [3.8, 4) is 5.69 Å². The minimum Gasteiger partial charge on any atom is -0.444 e. The van der Waals surface area contributed by atoms with Crippen LogP contribution in [0, 0.1) is 0 Å². The van der Waals surface area contributed by atoms with E-state index < -0.39 is 11.7 Å². The number of hydrogen-bond donors (Lipinski definition) is 1. The highest BCUT2D eigenvalue weighted by molar-refractivity contribution is 6.30. The number of aromatic nitrogens is 2. The van der Waals surface area contributed by atoms with Crippen LogP contribution in [-0.2, 0) is 9.53 Å². The summed E-state index contributed by atoms with van der Waals surface area (Å²) in [4.78, 5) is 30.6. The van der Waals surface area contributed by atoms with E-state index in [0.29, 0.717) is 24.0 Å². The first-order valence-corrected chi connectivity index (χ1v) is 12.0. The number of piperidine rings is 1. The number of halogens is 1. The lowest BCUT2D eigenvalue weighted by Gasteiger charge is -2.32. The smallest absolute Gasteiger partial charge is 0.407 e. The van der Waals surface area contributed by atoms with E-state index in [1.165, 1.54) is 10.9 Å². The maximum atomic E-state index is 12.6. The largest absolute Gasteiger partial charge is 0.444 e. The summed E-state index contributed by atoms with van der Waals surface area (Å²) in [6.45, 7) is 7.11. The van der Waals surface area contributed by atoms with Crippen molar-refractivity contribution in [2.45, 2.75) is 51.6 Å². The van der Waals surface area contributed by atoms with Crippen molar-refractivity contribution in [2.75, 3.05) is 19.6 Å². The van der Waals surface area contributed by atoms with E-state index in [0.717, 1.165) is 24.0 Å². The number of carbonyl (C=O) groups excluding carboxylic acids is 2. The van der Waals surface area contributed by atoms with Crippen molar-refractivity contribution in [3.05, 3.63) is 59.5 Å². The molecule has 3 aromatic rings. The van der Waals surface area contributed by atoms with E-state index in [-0.39, 0.29) is 18.9 Å². The summed E-state index contributed by atoms with van der Waals surface area (Å²) in [7, 11) is 0. The third-order valence-electron chi connectivity index (χ3n) is 6.04. The van der Waals surface area contributed by atoms with Gasteiger partial charge in [-0.15, -0.1) is 0 Å². The van der Waals surface area contributed by atoms with E-state index in [4.69, 9.17) is 16.3 Å². The number of likely N-dealkylation sites (tertiary alicyclic amines) is 1. The highest BCUT2D eigenvalue weighted by Gasteiger charge is 2.26. The monoisotopic (exact) mass is 482 g/mol.